The van der Waals surface area contributed by atoms with E-state index in [1.165, 1.54) is 17.5 Å². The van der Waals surface area contributed by atoms with Crippen LogP contribution in [-0.2, 0) is 11.0 Å². The Morgan fingerprint density at radius 2 is 1.47 bits per heavy atom. The van der Waals surface area contributed by atoms with Crippen molar-refractivity contribution in [3.63, 3.8) is 0 Å². The van der Waals surface area contributed by atoms with E-state index in [0.717, 1.165) is 5.56 Å². The minimum absolute atomic E-state index is 0.0788. The van der Waals surface area contributed by atoms with E-state index in [4.69, 9.17) is 0 Å². The lowest BCUT2D eigenvalue weighted by atomic mass is 9.78. The van der Waals surface area contributed by atoms with E-state index in [2.05, 4.69) is 65.2 Å². The first-order valence-corrected chi connectivity index (χ1v) is 7.13. The second kappa shape index (κ2) is 7.06. The molecule has 0 radical (unpaired) electrons. The van der Waals surface area contributed by atoms with Crippen LogP contribution in [-0.4, -0.2) is 5.21 Å². The molecule has 0 saturated carbocycles. The van der Waals surface area contributed by atoms with Crippen molar-refractivity contribution in [1.29, 1.82) is 0 Å². The molecule has 19 heavy (non-hydrogen) atoms. The predicted octanol–water partition coefficient (Wildman–Crippen LogP) is 4.92. The summed E-state index contributed by atoms with van der Waals surface area (Å²) in [5, 5.41) is 9.26. The van der Waals surface area contributed by atoms with E-state index in [1.54, 1.807) is 0 Å². The first-order valence-electron chi connectivity index (χ1n) is 7.13. The number of nitrogens with one attached hydrogen (secondary N) is 1. The van der Waals surface area contributed by atoms with Crippen LogP contribution in [0.3, 0.4) is 0 Å². The van der Waals surface area contributed by atoms with Crippen LogP contribution >= 0.6 is 0 Å². The Hall–Kier alpha value is -0.860. The quantitative estimate of drug-likeness (QED) is 0.744. The molecule has 0 aliphatic heterocycles. The van der Waals surface area contributed by atoms with E-state index in [0.29, 0.717) is 0 Å². The Morgan fingerprint density at radius 3 is 1.84 bits per heavy atom. The second-order valence-electron chi connectivity index (χ2n) is 6.74. The highest BCUT2D eigenvalue weighted by atomic mass is 16.5. The summed E-state index contributed by atoms with van der Waals surface area (Å²) in [6, 6.07) is 6.39. The molecule has 0 aliphatic carbocycles. The highest BCUT2D eigenvalue weighted by Crippen LogP contribution is 2.33. The zero-order chi connectivity index (χ0) is 15.3. The molecule has 0 saturated heterocycles. The maximum absolute atomic E-state index is 9.26. The van der Waals surface area contributed by atoms with Crippen molar-refractivity contribution in [2.24, 2.45) is 0 Å². The van der Waals surface area contributed by atoms with Crippen molar-refractivity contribution in [2.45, 2.75) is 72.8 Å². The van der Waals surface area contributed by atoms with Crippen molar-refractivity contribution in [3.8, 4) is 0 Å². The molecule has 0 spiro atoms. The van der Waals surface area contributed by atoms with Crippen LogP contribution in [0.5, 0.6) is 0 Å². The van der Waals surface area contributed by atoms with Gasteiger partial charge < -0.3 is 5.21 Å². The van der Waals surface area contributed by atoms with Gasteiger partial charge in [-0.15, -0.1) is 0 Å². The molecule has 2 N–H and O–H groups in total. The van der Waals surface area contributed by atoms with E-state index in [-0.39, 0.29) is 5.41 Å². The molecule has 1 rings (SSSR count). The van der Waals surface area contributed by atoms with Crippen LogP contribution in [0.25, 0.3) is 0 Å². The van der Waals surface area contributed by atoms with E-state index in [1.807, 2.05) is 13.8 Å². The SMILES string of the molecule is CCC.Cc1ccc(C(C)(C)NO)c(C(C)(C)C)c1. The van der Waals surface area contributed by atoms with Crippen molar-refractivity contribution >= 4 is 0 Å². The van der Waals surface area contributed by atoms with Crippen molar-refractivity contribution < 1.29 is 5.21 Å². The molecule has 0 heterocycles. The molecule has 0 unspecified atom stereocenters. The summed E-state index contributed by atoms with van der Waals surface area (Å²) in [6.45, 7) is 16.9. The standard InChI is InChI=1S/C14H23NO.C3H8/c1-10-7-8-11(14(5,6)15-16)12(9-10)13(2,3)4;1-3-2/h7-9,15-16H,1-6H3;3H2,1-2H3. The van der Waals surface area contributed by atoms with Gasteiger partial charge in [-0.25, -0.2) is 0 Å². The molecule has 0 aromatic heterocycles. The normalized spacial score (nSPS) is 11.8. The number of hydroxylamine groups is 1. The van der Waals surface area contributed by atoms with Gasteiger partial charge in [-0.1, -0.05) is 64.8 Å². The molecule has 110 valence electrons. The average molecular weight is 265 g/mol. The molecule has 2 nitrogen and oxygen atoms in total. The van der Waals surface area contributed by atoms with Gasteiger partial charge in [0.1, 0.15) is 0 Å². The van der Waals surface area contributed by atoms with Gasteiger partial charge in [0.15, 0.2) is 0 Å². The lowest BCUT2D eigenvalue weighted by molar-refractivity contribution is 0.0796. The van der Waals surface area contributed by atoms with Crippen LogP contribution in [0.4, 0.5) is 0 Å². The Labute approximate surface area is 119 Å². The van der Waals surface area contributed by atoms with Gasteiger partial charge in [0, 0.05) is 0 Å². The van der Waals surface area contributed by atoms with Crippen molar-refractivity contribution in [1.82, 2.24) is 5.48 Å². The van der Waals surface area contributed by atoms with Gasteiger partial charge in [-0.2, -0.15) is 5.48 Å². The van der Waals surface area contributed by atoms with Crippen LogP contribution in [0, 0.1) is 6.92 Å². The molecule has 0 amide bonds. The van der Waals surface area contributed by atoms with Crippen LogP contribution in [0.15, 0.2) is 18.2 Å². The minimum atomic E-state index is -0.420. The fourth-order valence-corrected chi connectivity index (χ4v) is 1.88. The zero-order valence-corrected chi connectivity index (χ0v) is 13.9. The number of rotatable bonds is 2. The first-order chi connectivity index (χ1) is 8.60. The maximum Gasteiger partial charge on any atom is 0.0624 e. The second-order valence-corrected chi connectivity index (χ2v) is 6.74. The lowest BCUT2D eigenvalue weighted by Crippen LogP contribution is -2.36. The molecule has 1 aromatic rings. The summed E-state index contributed by atoms with van der Waals surface area (Å²) in [6.07, 6.45) is 1.25. The maximum atomic E-state index is 9.26. The average Bonchev–Trinajstić information content (AvgIpc) is 2.28. The van der Waals surface area contributed by atoms with Crippen molar-refractivity contribution in [3.05, 3.63) is 34.9 Å². The Kier molecular flexibility index (Phi) is 6.74. The third-order valence-electron chi connectivity index (χ3n) is 2.94. The highest BCUT2D eigenvalue weighted by Gasteiger charge is 2.27. The fraction of sp³-hybridized carbons (Fsp3) is 0.647. The predicted molar refractivity (Wildman–Crippen MR) is 83.8 cm³/mol. The Bertz CT molecular complexity index is 389. The molecule has 1 aromatic carbocycles. The number of aryl methyl sites for hydroxylation is 1. The number of hydrogen-bond acceptors (Lipinski definition) is 2. The summed E-state index contributed by atoms with van der Waals surface area (Å²) >= 11 is 0. The summed E-state index contributed by atoms with van der Waals surface area (Å²) < 4.78 is 0. The third-order valence-corrected chi connectivity index (χ3v) is 2.94. The molecule has 2 heteroatoms. The lowest BCUT2D eigenvalue weighted by Gasteiger charge is -2.31. The van der Waals surface area contributed by atoms with E-state index >= 15 is 0 Å². The van der Waals surface area contributed by atoms with Gasteiger partial charge >= 0.3 is 0 Å². The van der Waals surface area contributed by atoms with Gasteiger partial charge in [-0.05, 0) is 37.3 Å². The fourth-order valence-electron chi connectivity index (χ4n) is 1.88. The molecule has 0 bridgehead atoms. The Balaban J connectivity index is 0.000000982. The van der Waals surface area contributed by atoms with Crippen LogP contribution < -0.4 is 5.48 Å². The van der Waals surface area contributed by atoms with Gasteiger partial charge in [0.05, 0.1) is 5.54 Å². The van der Waals surface area contributed by atoms with E-state index < -0.39 is 5.54 Å². The molecule has 0 atom stereocenters. The Morgan fingerprint density at radius 1 is 1.00 bits per heavy atom. The summed E-state index contributed by atoms with van der Waals surface area (Å²) in [5.74, 6) is 0. The minimum Gasteiger partial charge on any atom is -0.316 e. The highest BCUT2D eigenvalue weighted by molar-refractivity contribution is 5.40. The molecule has 0 fully saturated rings. The zero-order valence-electron chi connectivity index (χ0n) is 13.9. The molecule has 0 aliphatic rings. The van der Waals surface area contributed by atoms with Crippen LogP contribution in [0.2, 0.25) is 0 Å². The number of hydrogen-bond donors (Lipinski definition) is 2. The molecular formula is C17H31NO. The van der Waals surface area contributed by atoms with Gasteiger partial charge in [-0.3, -0.25) is 0 Å². The number of benzene rings is 1. The monoisotopic (exact) mass is 265 g/mol. The molecular weight excluding hydrogens is 234 g/mol. The summed E-state index contributed by atoms with van der Waals surface area (Å²) in [5.41, 5.74) is 5.72. The summed E-state index contributed by atoms with van der Waals surface area (Å²) in [7, 11) is 0. The van der Waals surface area contributed by atoms with Gasteiger partial charge in [0.2, 0.25) is 0 Å². The van der Waals surface area contributed by atoms with Gasteiger partial charge in [0.25, 0.3) is 0 Å². The topological polar surface area (TPSA) is 32.3 Å². The largest absolute Gasteiger partial charge is 0.316 e. The van der Waals surface area contributed by atoms with E-state index in [9.17, 15) is 5.21 Å². The summed E-state index contributed by atoms with van der Waals surface area (Å²) in [4.78, 5) is 0. The van der Waals surface area contributed by atoms with Crippen LogP contribution in [0.1, 0.15) is 71.6 Å². The smallest absolute Gasteiger partial charge is 0.0624 e. The first kappa shape index (κ1) is 18.1. The third kappa shape index (κ3) is 5.33. The van der Waals surface area contributed by atoms with Crippen molar-refractivity contribution in [2.75, 3.05) is 0 Å².